The SMILES string of the molecule is Cc1c(-c2cc3cc(NC(=O)O)ncc3c(N)c2F)cnc2c1NCC(CO)C2. The quantitative estimate of drug-likeness (QED) is 0.429. The Morgan fingerprint density at radius 1 is 1.34 bits per heavy atom. The standard InChI is InChI=1S/C20H20FN5O3/c1-9-13(6-23-15-2-10(8-27)5-25-19(9)15)12-3-11-4-16(26-20(28)29)24-7-14(11)18(22)17(12)21/h3-4,6-7,10,25,27H,2,5,8,22H2,1H3,(H,24,26)(H,28,29). The zero-order chi connectivity index (χ0) is 20.7. The second kappa shape index (κ2) is 7.17. The van der Waals surface area contributed by atoms with Gasteiger partial charge >= 0.3 is 6.09 Å². The Hall–Kier alpha value is -3.46. The number of hydrogen-bond donors (Lipinski definition) is 5. The van der Waals surface area contributed by atoms with Gasteiger partial charge in [0.1, 0.15) is 5.82 Å². The summed E-state index contributed by atoms with van der Waals surface area (Å²) in [6, 6.07) is 3.12. The van der Waals surface area contributed by atoms with Crippen LogP contribution in [0, 0.1) is 18.7 Å². The summed E-state index contributed by atoms with van der Waals surface area (Å²) in [6.45, 7) is 2.57. The molecule has 0 spiro atoms. The van der Waals surface area contributed by atoms with Crippen LogP contribution >= 0.6 is 0 Å². The number of rotatable bonds is 3. The molecule has 0 saturated heterocycles. The number of carbonyl (C=O) groups is 1. The number of nitrogen functional groups attached to an aromatic ring is 1. The van der Waals surface area contributed by atoms with Gasteiger partial charge in [-0.05, 0) is 36.4 Å². The number of benzene rings is 1. The Morgan fingerprint density at radius 2 is 2.14 bits per heavy atom. The maximum absolute atomic E-state index is 15.1. The third kappa shape index (κ3) is 3.29. The van der Waals surface area contributed by atoms with Gasteiger partial charge in [0.2, 0.25) is 0 Å². The van der Waals surface area contributed by atoms with Gasteiger partial charge in [-0.3, -0.25) is 10.3 Å². The number of fused-ring (bicyclic) bond motifs is 2. The van der Waals surface area contributed by atoms with Crippen molar-refractivity contribution in [1.82, 2.24) is 9.97 Å². The van der Waals surface area contributed by atoms with Gasteiger partial charge in [-0.25, -0.2) is 14.2 Å². The van der Waals surface area contributed by atoms with Gasteiger partial charge in [0.05, 0.1) is 17.1 Å². The molecule has 3 aromatic rings. The lowest BCUT2D eigenvalue weighted by atomic mass is 9.92. The average Bonchev–Trinajstić information content (AvgIpc) is 2.70. The number of pyridine rings is 2. The molecule has 0 fully saturated rings. The van der Waals surface area contributed by atoms with E-state index in [1.54, 1.807) is 12.3 Å². The summed E-state index contributed by atoms with van der Waals surface area (Å²) in [5.74, 6) is -0.355. The van der Waals surface area contributed by atoms with Gasteiger partial charge in [0, 0.05) is 48.0 Å². The number of halogens is 1. The summed E-state index contributed by atoms with van der Waals surface area (Å²) in [5, 5.41) is 24.7. The van der Waals surface area contributed by atoms with Crippen molar-refractivity contribution >= 4 is 34.1 Å². The van der Waals surface area contributed by atoms with Crippen molar-refractivity contribution in [3.05, 3.63) is 41.6 Å². The predicted molar refractivity (Wildman–Crippen MR) is 108 cm³/mol. The molecule has 1 atom stereocenters. The number of hydrogen-bond acceptors (Lipinski definition) is 6. The zero-order valence-corrected chi connectivity index (χ0v) is 15.7. The summed E-state index contributed by atoms with van der Waals surface area (Å²) < 4.78 is 15.1. The van der Waals surface area contributed by atoms with E-state index in [0.717, 1.165) is 16.9 Å². The van der Waals surface area contributed by atoms with Crippen LogP contribution in [-0.4, -0.2) is 39.4 Å². The highest BCUT2D eigenvalue weighted by Crippen LogP contribution is 2.38. The minimum atomic E-state index is -1.24. The second-order valence-corrected chi connectivity index (χ2v) is 7.12. The van der Waals surface area contributed by atoms with Crippen molar-refractivity contribution in [2.75, 3.05) is 29.5 Å². The lowest BCUT2D eigenvalue weighted by molar-refractivity contribution is 0.209. The van der Waals surface area contributed by atoms with Gasteiger partial charge in [0.25, 0.3) is 0 Å². The molecule has 0 bridgehead atoms. The molecule has 4 rings (SSSR count). The first-order valence-corrected chi connectivity index (χ1v) is 9.10. The molecule has 0 radical (unpaired) electrons. The summed E-state index contributed by atoms with van der Waals surface area (Å²) in [4.78, 5) is 19.3. The first-order chi connectivity index (χ1) is 13.9. The van der Waals surface area contributed by atoms with E-state index in [-0.39, 0.29) is 29.6 Å². The molecule has 1 aliphatic rings. The van der Waals surface area contributed by atoms with E-state index in [1.165, 1.54) is 12.3 Å². The van der Waals surface area contributed by atoms with Crippen molar-refractivity contribution in [2.45, 2.75) is 13.3 Å². The summed E-state index contributed by atoms with van der Waals surface area (Å²) in [6.07, 6.45) is 2.36. The Balaban J connectivity index is 1.85. The van der Waals surface area contributed by atoms with Crippen molar-refractivity contribution in [3.8, 4) is 11.1 Å². The zero-order valence-electron chi connectivity index (χ0n) is 15.7. The number of carboxylic acid groups (broad SMARTS) is 1. The van der Waals surface area contributed by atoms with Gasteiger partial charge in [-0.1, -0.05) is 0 Å². The summed E-state index contributed by atoms with van der Waals surface area (Å²) in [5.41, 5.74) is 9.34. The number of aromatic nitrogens is 2. The van der Waals surface area contributed by atoms with Crippen molar-refractivity contribution in [2.24, 2.45) is 5.92 Å². The number of nitrogens with two attached hydrogens (primary N) is 1. The van der Waals surface area contributed by atoms with Crippen LogP contribution in [0.1, 0.15) is 11.3 Å². The number of nitrogens with one attached hydrogen (secondary N) is 2. The Kier molecular flexibility index (Phi) is 4.67. The van der Waals surface area contributed by atoms with Crippen LogP contribution in [-0.2, 0) is 6.42 Å². The van der Waals surface area contributed by atoms with Crippen LogP contribution in [0.3, 0.4) is 0 Å². The third-order valence-corrected chi connectivity index (χ3v) is 5.25. The van der Waals surface area contributed by atoms with E-state index in [9.17, 15) is 9.90 Å². The molecular weight excluding hydrogens is 377 g/mol. The van der Waals surface area contributed by atoms with E-state index in [4.69, 9.17) is 10.8 Å². The largest absolute Gasteiger partial charge is 0.465 e. The molecule has 150 valence electrons. The monoisotopic (exact) mass is 397 g/mol. The lowest BCUT2D eigenvalue weighted by Gasteiger charge is -2.26. The highest BCUT2D eigenvalue weighted by atomic mass is 19.1. The fraction of sp³-hybridized carbons (Fsp3) is 0.250. The molecule has 1 unspecified atom stereocenters. The number of amides is 1. The Labute approximate surface area is 165 Å². The first kappa shape index (κ1) is 18.9. The van der Waals surface area contributed by atoms with Crippen LogP contribution in [0.2, 0.25) is 0 Å². The van der Waals surface area contributed by atoms with E-state index < -0.39 is 11.9 Å². The van der Waals surface area contributed by atoms with Gasteiger partial charge in [-0.15, -0.1) is 0 Å². The third-order valence-electron chi connectivity index (χ3n) is 5.25. The number of aliphatic hydroxyl groups is 1. The van der Waals surface area contributed by atoms with Crippen LogP contribution < -0.4 is 16.4 Å². The van der Waals surface area contributed by atoms with Gasteiger partial charge in [0.15, 0.2) is 5.82 Å². The minimum absolute atomic E-state index is 0.0581. The normalized spacial score (nSPS) is 15.6. The van der Waals surface area contributed by atoms with Crippen LogP contribution in [0.25, 0.3) is 21.9 Å². The maximum atomic E-state index is 15.1. The molecule has 1 aromatic carbocycles. The molecule has 2 aromatic heterocycles. The highest BCUT2D eigenvalue weighted by Gasteiger charge is 2.23. The maximum Gasteiger partial charge on any atom is 0.410 e. The minimum Gasteiger partial charge on any atom is -0.465 e. The number of aliphatic hydroxyl groups excluding tert-OH is 1. The number of nitrogens with zero attached hydrogens (tertiary/aromatic N) is 2. The molecule has 29 heavy (non-hydrogen) atoms. The molecular formula is C20H20FN5O3. The topological polar surface area (TPSA) is 133 Å². The van der Waals surface area contributed by atoms with Crippen molar-refractivity contribution < 1.29 is 19.4 Å². The first-order valence-electron chi connectivity index (χ1n) is 9.10. The van der Waals surface area contributed by atoms with E-state index in [1.807, 2.05) is 6.92 Å². The lowest BCUT2D eigenvalue weighted by Crippen LogP contribution is -2.27. The Morgan fingerprint density at radius 3 is 2.86 bits per heavy atom. The van der Waals surface area contributed by atoms with E-state index in [0.29, 0.717) is 29.3 Å². The van der Waals surface area contributed by atoms with Gasteiger partial charge in [-0.2, -0.15) is 0 Å². The average molecular weight is 397 g/mol. The highest BCUT2D eigenvalue weighted by molar-refractivity contribution is 5.99. The molecule has 1 aliphatic heterocycles. The molecule has 6 N–H and O–H groups in total. The number of anilines is 3. The molecule has 0 saturated carbocycles. The second-order valence-electron chi connectivity index (χ2n) is 7.12. The van der Waals surface area contributed by atoms with Gasteiger partial charge < -0.3 is 21.3 Å². The van der Waals surface area contributed by atoms with Crippen LogP contribution in [0.4, 0.5) is 26.4 Å². The molecule has 8 nitrogen and oxygen atoms in total. The van der Waals surface area contributed by atoms with Crippen molar-refractivity contribution in [3.63, 3.8) is 0 Å². The van der Waals surface area contributed by atoms with E-state index in [2.05, 4.69) is 20.6 Å². The summed E-state index contributed by atoms with van der Waals surface area (Å²) in [7, 11) is 0. The predicted octanol–water partition coefficient (Wildman–Crippen LogP) is 2.99. The molecule has 3 heterocycles. The Bertz CT molecular complexity index is 1140. The fourth-order valence-corrected chi connectivity index (χ4v) is 3.71. The molecule has 1 amide bonds. The summed E-state index contributed by atoms with van der Waals surface area (Å²) >= 11 is 0. The molecule has 9 heteroatoms. The van der Waals surface area contributed by atoms with Crippen LogP contribution in [0.15, 0.2) is 24.5 Å². The van der Waals surface area contributed by atoms with Crippen molar-refractivity contribution in [1.29, 1.82) is 0 Å². The fourth-order valence-electron chi connectivity index (χ4n) is 3.71. The smallest absolute Gasteiger partial charge is 0.410 e. The van der Waals surface area contributed by atoms with E-state index >= 15 is 4.39 Å². The molecule has 0 aliphatic carbocycles. The van der Waals surface area contributed by atoms with Crippen LogP contribution in [0.5, 0.6) is 0 Å².